The average molecular weight is 280 g/mol. The third-order valence-corrected chi connectivity index (χ3v) is 4.39. The van der Waals surface area contributed by atoms with Gasteiger partial charge in [-0.05, 0) is 43.9 Å². The second-order valence-corrected chi connectivity index (χ2v) is 6.85. The molecule has 0 saturated carbocycles. The summed E-state index contributed by atoms with van der Waals surface area (Å²) in [5, 5.41) is 8.79. The molecule has 0 spiro atoms. The third kappa shape index (κ3) is 5.01. The predicted octanol–water partition coefficient (Wildman–Crippen LogP) is 2.66. The van der Waals surface area contributed by atoms with Crippen LogP contribution in [-0.2, 0) is 10.0 Å². The number of sulfonamides is 1. The summed E-state index contributed by atoms with van der Waals surface area (Å²) in [6.07, 6.45) is 1.77. The highest BCUT2D eigenvalue weighted by Gasteiger charge is 2.17. The Morgan fingerprint density at radius 3 is 2.53 bits per heavy atom. The van der Waals surface area contributed by atoms with Gasteiger partial charge in [-0.25, -0.2) is 13.1 Å². The number of hydrogen-bond donors (Lipinski definition) is 1. The summed E-state index contributed by atoms with van der Waals surface area (Å²) in [6, 6.07) is 7.87. The predicted molar refractivity (Wildman–Crippen MR) is 75.0 cm³/mol. The van der Waals surface area contributed by atoms with Gasteiger partial charge in [-0.3, -0.25) is 0 Å². The van der Waals surface area contributed by atoms with Crippen molar-refractivity contribution in [3.8, 4) is 6.07 Å². The molecule has 1 rings (SSSR count). The number of nitrogens with one attached hydrogen (secondary N) is 1. The molecular formula is C14H20N2O2S. The van der Waals surface area contributed by atoms with Gasteiger partial charge in [0, 0.05) is 6.04 Å². The molecule has 0 heterocycles. The molecule has 0 aliphatic heterocycles. The first-order valence-corrected chi connectivity index (χ1v) is 7.86. The van der Waals surface area contributed by atoms with Crippen molar-refractivity contribution in [3.63, 3.8) is 0 Å². The molecule has 5 heteroatoms. The molecule has 0 saturated heterocycles. The van der Waals surface area contributed by atoms with Crippen molar-refractivity contribution in [1.82, 2.24) is 4.72 Å². The van der Waals surface area contributed by atoms with E-state index in [-0.39, 0.29) is 10.9 Å². The zero-order valence-electron chi connectivity index (χ0n) is 11.6. The van der Waals surface area contributed by atoms with Gasteiger partial charge in [-0.2, -0.15) is 5.26 Å². The Morgan fingerprint density at radius 1 is 1.26 bits per heavy atom. The second-order valence-electron chi connectivity index (χ2n) is 5.13. The summed E-state index contributed by atoms with van der Waals surface area (Å²) in [5.74, 6) is 0.550. The molecular weight excluding hydrogens is 260 g/mol. The summed E-state index contributed by atoms with van der Waals surface area (Å²) >= 11 is 0. The molecule has 1 aromatic rings. The fourth-order valence-corrected chi connectivity index (χ4v) is 3.03. The molecule has 0 aliphatic carbocycles. The first kappa shape index (κ1) is 15.7. The lowest BCUT2D eigenvalue weighted by Crippen LogP contribution is -2.32. The largest absolute Gasteiger partial charge is 0.240 e. The van der Waals surface area contributed by atoms with E-state index in [0.29, 0.717) is 11.5 Å². The van der Waals surface area contributed by atoms with Gasteiger partial charge < -0.3 is 0 Å². The van der Waals surface area contributed by atoms with E-state index in [2.05, 4.69) is 18.6 Å². The number of nitrogens with zero attached hydrogens (tertiary/aromatic N) is 1. The molecule has 0 bridgehead atoms. The molecule has 0 aromatic heterocycles. The number of benzene rings is 1. The summed E-state index contributed by atoms with van der Waals surface area (Å²) in [5.41, 5.74) is 0.345. The van der Waals surface area contributed by atoms with Crippen LogP contribution in [0.1, 0.15) is 39.2 Å². The van der Waals surface area contributed by atoms with E-state index >= 15 is 0 Å². The molecule has 0 radical (unpaired) electrons. The summed E-state index contributed by atoms with van der Waals surface area (Å²) in [6.45, 7) is 6.07. The lowest BCUT2D eigenvalue weighted by atomic mass is 10.1. The molecule has 1 atom stereocenters. The highest BCUT2D eigenvalue weighted by molar-refractivity contribution is 7.89. The highest BCUT2D eigenvalue weighted by atomic mass is 32.2. The standard InChI is InChI=1S/C14H20N2O2S/c1-11(2)7-8-12(3)16-19(17,18)14-6-4-5-13(9-14)10-15/h4-6,9,11-12,16H,7-8H2,1-3H3. The second kappa shape index (κ2) is 6.69. The first-order valence-electron chi connectivity index (χ1n) is 6.37. The van der Waals surface area contributed by atoms with E-state index in [1.165, 1.54) is 12.1 Å². The van der Waals surface area contributed by atoms with E-state index in [1.807, 2.05) is 13.0 Å². The normalized spacial score (nSPS) is 13.2. The van der Waals surface area contributed by atoms with Gasteiger partial charge in [0.2, 0.25) is 10.0 Å². The summed E-state index contributed by atoms with van der Waals surface area (Å²) < 4.78 is 26.9. The monoisotopic (exact) mass is 280 g/mol. The Morgan fingerprint density at radius 2 is 1.95 bits per heavy atom. The minimum atomic E-state index is -3.54. The number of rotatable bonds is 6. The maximum Gasteiger partial charge on any atom is 0.240 e. The van der Waals surface area contributed by atoms with Gasteiger partial charge >= 0.3 is 0 Å². The van der Waals surface area contributed by atoms with Crippen LogP contribution in [0.15, 0.2) is 29.2 Å². The maximum atomic E-state index is 12.1. The van der Waals surface area contributed by atoms with Crippen LogP contribution in [0.2, 0.25) is 0 Å². The Hall–Kier alpha value is -1.38. The zero-order valence-corrected chi connectivity index (χ0v) is 12.4. The fourth-order valence-electron chi connectivity index (χ4n) is 1.71. The van der Waals surface area contributed by atoms with Crippen LogP contribution in [0.25, 0.3) is 0 Å². The van der Waals surface area contributed by atoms with Crippen molar-refractivity contribution >= 4 is 10.0 Å². The minimum Gasteiger partial charge on any atom is -0.208 e. The van der Waals surface area contributed by atoms with Crippen molar-refractivity contribution < 1.29 is 8.42 Å². The zero-order chi connectivity index (χ0) is 14.5. The van der Waals surface area contributed by atoms with E-state index in [4.69, 9.17) is 5.26 Å². The van der Waals surface area contributed by atoms with Crippen LogP contribution in [0, 0.1) is 17.2 Å². The SMILES string of the molecule is CC(C)CCC(C)NS(=O)(=O)c1cccc(C#N)c1. The quantitative estimate of drug-likeness (QED) is 0.871. The summed E-state index contributed by atoms with van der Waals surface area (Å²) in [4.78, 5) is 0.142. The average Bonchev–Trinajstić information content (AvgIpc) is 2.36. The Labute approximate surface area is 115 Å². The van der Waals surface area contributed by atoms with Gasteiger partial charge in [0.1, 0.15) is 0 Å². The van der Waals surface area contributed by atoms with Gasteiger partial charge in [-0.1, -0.05) is 19.9 Å². The Kier molecular flexibility index (Phi) is 5.52. The molecule has 1 aromatic carbocycles. The van der Waals surface area contributed by atoms with Crippen LogP contribution in [0.3, 0.4) is 0 Å². The molecule has 1 N–H and O–H groups in total. The van der Waals surface area contributed by atoms with Crippen LogP contribution >= 0.6 is 0 Å². The van der Waals surface area contributed by atoms with E-state index in [1.54, 1.807) is 12.1 Å². The van der Waals surface area contributed by atoms with Crippen molar-refractivity contribution in [2.24, 2.45) is 5.92 Å². The topological polar surface area (TPSA) is 70.0 Å². The van der Waals surface area contributed by atoms with Crippen LogP contribution < -0.4 is 4.72 Å². The molecule has 0 fully saturated rings. The molecule has 1 unspecified atom stereocenters. The number of nitriles is 1. The Bertz CT molecular complexity index is 559. The van der Waals surface area contributed by atoms with Gasteiger partial charge in [0.05, 0.1) is 16.5 Å². The fraction of sp³-hybridized carbons (Fsp3) is 0.500. The van der Waals surface area contributed by atoms with Crippen LogP contribution in [-0.4, -0.2) is 14.5 Å². The molecule has 19 heavy (non-hydrogen) atoms. The van der Waals surface area contributed by atoms with Gasteiger partial charge in [0.15, 0.2) is 0 Å². The molecule has 4 nitrogen and oxygen atoms in total. The van der Waals surface area contributed by atoms with Crippen molar-refractivity contribution in [1.29, 1.82) is 5.26 Å². The molecule has 0 aliphatic rings. The van der Waals surface area contributed by atoms with Gasteiger partial charge in [0.25, 0.3) is 0 Å². The maximum absolute atomic E-state index is 12.1. The van der Waals surface area contributed by atoms with Gasteiger partial charge in [-0.15, -0.1) is 0 Å². The lowest BCUT2D eigenvalue weighted by molar-refractivity contribution is 0.485. The van der Waals surface area contributed by atoms with Crippen molar-refractivity contribution in [2.45, 2.75) is 44.6 Å². The summed E-state index contributed by atoms with van der Waals surface area (Å²) in [7, 11) is -3.54. The highest BCUT2D eigenvalue weighted by Crippen LogP contribution is 2.13. The minimum absolute atomic E-state index is 0.113. The number of hydrogen-bond acceptors (Lipinski definition) is 3. The van der Waals surface area contributed by atoms with E-state index in [0.717, 1.165) is 12.8 Å². The molecule has 104 valence electrons. The third-order valence-electron chi connectivity index (χ3n) is 2.81. The van der Waals surface area contributed by atoms with E-state index < -0.39 is 10.0 Å². The Balaban J connectivity index is 2.78. The van der Waals surface area contributed by atoms with Crippen molar-refractivity contribution in [2.75, 3.05) is 0 Å². The van der Waals surface area contributed by atoms with Crippen LogP contribution in [0.4, 0.5) is 0 Å². The van der Waals surface area contributed by atoms with E-state index in [9.17, 15) is 8.42 Å². The van der Waals surface area contributed by atoms with Crippen LogP contribution in [0.5, 0.6) is 0 Å². The molecule has 0 amide bonds. The van der Waals surface area contributed by atoms with Crippen molar-refractivity contribution in [3.05, 3.63) is 29.8 Å². The smallest absolute Gasteiger partial charge is 0.208 e. The lowest BCUT2D eigenvalue weighted by Gasteiger charge is -2.15. The first-order chi connectivity index (χ1) is 8.85.